The van der Waals surface area contributed by atoms with Gasteiger partial charge in [-0.05, 0) is 38.9 Å². The zero-order chi connectivity index (χ0) is 23.3. The number of nitrogens with zero attached hydrogens (tertiary/aromatic N) is 3. The smallest absolute Gasteiger partial charge is 0.234 e. The second kappa shape index (κ2) is 12.5. The van der Waals surface area contributed by atoms with Crippen molar-refractivity contribution in [2.75, 3.05) is 50.7 Å². The molecule has 1 aromatic carbocycles. The van der Waals surface area contributed by atoms with E-state index in [2.05, 4.69) is 15.1 Å². The quantitative estimate of drug-likeness (QED) is 0.515. The third kappa shape index (κ3) is 7.29. The number of ether oxygens (including phenoxy) is 1. The molecule has 2 saturated heterocycles. The van der Waals surface area contributed by atoms with E-state index in [-0.39, 0.29) is 42.1 Å². The number of anilines is 1. The molecule has 2 aliphatic heterocycles. The highest BCUT2D eigenvalue weighted by atomic mass is 35.5. The zero-order valence-electron chi connectivity index (χ0n) is 20.2. The fourth-order valence-corrected chi connectivity index (χ4v) is 4.29. The Morgan fingerprint density at radius 2 is 1.79 bits per heavy atom. The topological polar surface area (TPSA) is 65.1 Å². The van der Waals surface area contributed by atoms with Crippen LogP contribution < -0.4 is 15.0 Å². The average molecular weight is 485 g/mol. The SMILES string of the molecule is CC(C)NCC1CC(=O)N(CCCN2CCN(c3cccc(F)c3OC(C)C)CC2)C1=O.Cl. The lowest BCUT2D eigenvalue weighted by atomic mass is 10.1. The van der Waals surface area contributed by atoms with Gasteiger partial charge in [0.25, 0.3) is 0 Å². The number of likely N-dealkylation sites (tertiary alicyclic amines) is 1. The number of nitrogens with one attached hydrogen (secondary N) is 1. The van der Waals surface area contributed by atoms with Crippen LogP contribution >= 0.6 is 12.4 Å². The van der Waals surface area contributed by atoms with E-state index < -0.39 is 0 Å². The van der Waals surface area contributed by atoms with Crippen LogP contribution in [-0.4, -0.2) is 79.6 Å². The minimum atomic E-state index is -0.333. The summed E-state index contributed by atoms with van der Waals surface area (Å²) in [6.45, 7) is 13.0. The average Bonchev–Trinajstić information content (AvgIpc) is 3.01. The second-order valence-corrected chi connectivity index (χ2v) is 9.28. The lowest BCUT2D eigenvalue weighted by Crippen LogP contribution is -2.47. The van der Waals surface area contributed by atoms with Crippen molar-refractivity contribution in [3.8, 4) is 5.75 Å². The molecular weight excluding hydrogens is 447 g/mol. The van der Waals surface area contributed by atoms with E-state index in [0.29, 0.717) is 31.3 Å². The van der Waals surface area contributed by atoms with Crippen LogP contribution in [0.15, 0.2) is 18.2 Å². The highest BCUT2D eigenvalue weighted by Gasteiger charge is 2.37. The van der Waals surface area contributed by atoms with Crippen molar-refractivity contribution in [1.82, 2.24) is 15.1 Å². The van der Waals surface area contributed by atoms with Gasteiger partial charge in [-0.1, -0.05) is 19.9 Å². The first kappa shape index (κ1) is 27.3. The number of para-hydroxylation sites is 1. The standard InChI is InChI=1S/C24H37FN4O3.ClH/c1-17(2)26-16-19-15-22(30)29(24(19)31)10-6-9-27-11-13-28(14-12-27)21-8-5-7-20(25)23(21)32-18(3)4;/h5,7-8,17-19,26H,6,9-16H2,1-4H3;1H. The van der Waals surface area contributed by atoms with Crippen molar-refractivity contribution in [2.24, 2.45) is 5.92 Å². The Labute approximate surface area is 203 Å². The van der Waals surface area contributed by atoms with E-state index in [1.54, 1.807) is 6.07 Å². The Morgan fingerprint density at radius 3 is 2.42 bits per heavy atom. The summed E-state index contributed by atoms with van der Waals surface area (Å²) < 4.78 is 20.0. The van der Waals surface area contributed by atoms with E-state index in [4.69, 9.17) is 4.74 Å². The third-order valence-corrected chi connectivity index (χ3v) is 5.98. The molecule has 1 unspecified atom stereocenters. The number of halogens is 2. The van der Waals surface area contributed by atoms with Gasteiger partial charge in [0.15, 0.2) is 11.6 Å². The summed E-state index contributed by atoms with van der Waals surface area (Å²) in [5, 5.41) is 3.26. The van der Waals surface area contributed by atoms with E-state index >= 15 is 0 Å². The summed E-state index contributed by atoms with van der Waals surface area (Å²) in [6.07, 6.45) is 0.985. The Kier molecular flexibility index (Phi) is 10.4. The molecule has 3 rings (SSSR count). The van der Waals surface area contributed by atoms with Crippen LogP contribution in [0.3, 0.4) is 0 Å². The summed E-state index contributed by atoms with van der Waals surface area (Å²) in [6, 6.07) is 5.36. The number of piperazine rings is 1. The number of rotatable bonds is 10. The van der Waals surface area contributed by atoms with Crippen LogP contribution in [0, 0.1) is 11.7 Å². The monoisotopic (exact) mass is 484 g/mol. The van der Waals surface area contributed by atoms with Gasteiger partial charge in [-0.3, -0.25) is 19.4 Å². The van der Waals surface area contributed by atoms with Crippen LogP contribution in [-0.2, 0) is 9.59 Å². The first-order valence-corrected chi connectivity index (χ1v) is 11.8. The summed E-state index contributed by atoms with van der Waals surface area (Å²) in [7, 11) is 0. The molecule has 2 aliphatic rings. The fraction of sp³-hybridized carbons (Fsp3) is 0.667. The number of hydrogen-bond acceptors (Lipinski definition) is 6. The lowest BCUT2D eigenvalue weighted by Gasteiger charge is -2.37. The molecule has 1 atom stereocenters. The first-order chi connectivity index (χ1) is 15.3. The number of imide groups is 1. The van der Waals surface area contributed by atoms with Crippen molar-refractivity contribution in [2.45, 2.75) is 52.7 Å². The number of carbonyl (C=O) groups excluding carboxylic acids is 2. The van der Waals surface area contributed by atoms with Gasteiger partial charge >= 0.3 is 0 Å². The van der Waals surface area contributed by atoms with Crippen LogP contribution in [0.1, 0.15) is 40.5 Å². The van der Waals surface area contributed by atoms with Gasteiger partial charge in [0.2, 0.25) is 11.8 Å². The third-order valence-electron chi connectivity index (χ3n) is 5.98. The molecule has 2 amide bonds. The second-order valence-electron chi connectivity index (χ2n) is 9.28. The van der Waals surface area contributed by atoms with Crippen molar-refractivity contribution < 1.29 is 18.7 Å². The molecule has 0 aliphatic carbocycles. The predicted octanol–water partition coefficient (Wildman–Crippen LogP) is 2.92. The van der Waals surface area contributed by atoms with E-state index in [1.807, 2.05) is 33.8 Å². The van der Waals surface area contributed by atoms with Gasteiger partial charge in [0.1, 0.15) is 0 Å². The van der Waals surface area contributed by atoms with Gasteiger partial charge in [-0.25, -0.2) is 4.39 Å². The molecule has 7 nitrogen and oxygen atoms in total. The minimum Gasteiger partial charge on any atom is -0.486 e. The Bertz CT molecular complexity index is 800. The van der Waals surface area contributed by atoms with Crippen molar-refractivity contribution in [1.29, 1.82) is 0 Å². The number of hydrogen-bond donors (Lipinski definition) is 1. The maximum absolute atomic E-state index is 14.3. The Morgan fingerprint density at radius 1 is 1.09 bits per heavy atom. The molecule has 0 aromatic heterocycles. The summed E-state index contributed by atoms with van der Waals surface area (Å²) in [5.41, 5.74) is 0.799. The summed E-state index contributed by atoms with van der Waals surface area (Å²) >= 11 is 0. The molecule has 1 N–H and O–H groups in total. The minimum absolute atomic E-state index is 0. The maximum Gasteiger partial charge on any atom is 0.234 e. The van der Waals surface area contributed by atoms with Gasteiger partial charge in [-0.2, -0.15) is 0 Å². The van der Waals surface area contributed by atoms with Crippen molar-refractivity contribution in [3.63, 3.8) is 0 Å². The highest BCUT2D eigenvalue weighted by molar-refractivity contribution is 6.03. The Balaban J connectivity index is 0.00000385. The van der Waals surface area contributed by atoms with Crippen LogP contribution in [0.4, 0.5) is 10.1 Å². The van der Waals surface area contributed by atoms with Gasteiger partial charge < -0.3 is 15.0 Å². The summed E-state index contributed by atoms with van der Waals surface area (Å²) in [5.74, 6) is -0.345. The molecule has 2 heterocycles. The van der Waals surface area contributed by atoms with E-state index in [9.17, 15) is 14.0 Å². The Hall–Kier alpha value is -1.90. The van der Waals surface area contributed by atoms with Crippen LogP contribution in [0.5, 0.6) is 5.75 Å². The molecule has 0 radical (unpaired) electrons. The molecule has 9 heteroatoms. The lowest BCUT2D eigenvalue weighted by molar-refractivity contribution is -0.139. The van der Waals surface area contributed by atoms with Crippen molar-refractivity contribution >= 4 is 29.9 Å². The van der Waals surface area contributed by atoms with Crippen LogP contribution in [0.25, 0.3) is 0 Å². The summed E-state index contributed by atoms with van der Waals surface area (Å²) in [4.78, 5) is 30.8. The zero-order valence-corrected chi connectivity index (χ0v) is 21.0. The maximum atomic E-state index is 14.3. The molecule has 1 aromatic rings. The predicted molar refractivity (Wildman–Crippen MR) is 131 cm³/mol. The van der Waals surface area contributed by atoms with Gasteiger partial charge in [-0.15, -0.1) is 12.4 Å². The molecular formula is C24H38ClFN4O3. The van der Waals surface area contributed by atoms with Crippen molar-refractivity contribution in [3.05, 3.63) is 24.0 Å². The normalized spacial score (nSPS) is 19.5. The molecule has 0 spiro atoms. The molecule has 2 fully saturated rings. The highest BCUT2D eigenvalue weighted by Crippen LogP contribution is 2.32. The molecule has 186 valence electrons. The van der Waals surface area contributed by atoms with Gasteiger partial charge in [0.05, 0.1) is 17.7 Å². The fourth-order valence-electron chi connectivity index (χ4n) is 4.29. The molecule has 33 heavy (non-hydrogen) atoms. The van der Waals surface area contributed by atoms with E-state index in [1.165, 1.54) is 11.0 Å². The largest absolute Gasteiger partial charge is 0.486 e. The van der Waals surface area contributed by atoms with E-state index in [0.717, 1.165) is 44.8 Å². The number of benzene rings is 1. The molecule has 0 saturated carbocycles. The van der Waals surface area contributed by atoms with Crippen LogP contribution in [0.2, 0.25) is 0 Å². The molecule has 0 bridgehead atoms. The number of carbonyl (C=O) groups is 2. The number of amides is 2. The van der Waals surface area contributed by atoms with Gasteiger partial charge in [0, 0.05) is 51.7 Å². The first-order valence-electron chi connectivity index (χ1n) is 11.8.